The number of hydrogen-bond donors (Lipinski definition) is 0. The third kappa shape index (κ3) is 3.55. The zero-order valence-electron chi connectivity index (χ0n) is 14.1. The van der Waals surface area contributed by atoms with Crippen LogP contribution < -0.4 is 20.0 Å². The van der Waals surface area contributed by atoms with Crippen LogP contribution in [0.2, 0.25) is 0 Å². The Bertz CT molecular complexity index is 451. The maximum atomic E-state index is 5.48. The molecule has 0 aromatic carbocycles. The van der Waals surface area contributed by atoms with Crippen LogP contribution in [0.1, 0.15) is 0 Å². The van der Waals surface area contributed by atoms with Crippen molar-refractivity contribution in [2.24, 2.45) is 0 Å². The number of morpholine rings is 2. The Morgan fingerprint density at radius 3 is 1.75 bits per heavy atom. The van der Waals surface area contributed by atoms with E-state index in [2.05, 4.69) is 26.1 Å². The van der Waals surface area contributed by atoms with Crippen LogP contribution in [0.5, 0.6) is 0 Å². The topological polar surface area (TPSA) is 68.1 Å². The van der Waals surface area contributed by atoms with E-state index >= 15 is 0 Å². The minimum absolute atomic E-state index is 0.739. The Labute approximate surface area is 142 Å². The van der Waals surface area contributed by atoms with Gasteiger partial charge in [-0.1, -0.05) is 0 Å². The molecule has 0 amide bonds. The Morgan fingerprint density at radius 2 is 1.17 bits per heavy atom. The largest absolute Gasteiger partial charge is 0.378 e. The van der Waals surface area contributed by atoms with Gasteiger partial charge >= 0.3 is 0 Å². The predicted molar refractivity (Wildman–Crippen MR) is 92.2 cm³/mol. The van der Waals surface area contributed by atoms with Crippen LogP contribution in [0.15, 0.2) is 6.07 Å². The van der Waals surface area contributed by atoms with Gasteiger partial charge in [-0.15, -0.1) is 0 Å². The molecule has 8 heteroatoms. The summed E-state index contributed by atoms with van der Waals surface area (Å²) in [7, 11) is 0. The lowest BCUT2D eigenvalue weighted by Gasteiger charge is -2.33. The van der Waals surface area contributed by atoms with E-state index in [1.54, 1.807) is 0 Å². The first-order valence-electron chi connectivity index (χ1n) is 8.83. The third-order valence-electron chi connectivity index (χ3n) is 4.70. The predicted octanol–water partition coefficient (Wildman–Crippen LogP) is -0.426. The van der Waals surface area contributed by atoms with Crippen molar-refractivity contribution in [2.45, 2.75) is 0 Å². The van der Waals surface area contributed by atoms with Gasteiger partial charge in [0.25, 0.3) is 0 Å². The summed E-state index contributed by atoms with van der Waals surface area (Å²) >= 11 is 0. The summed E-state index contributed by atoms with van der Waals surface area (Å²) in [6, 6.07) is 2.13. The standard InChI is InChI=1S/C16H25N6O2/c1-3-20(4-2-17-1)14-13-15(21-5-9-23-10-6-21)19-16(18-14)22-7-11-24-12-8-22/h13H,1-12H2. The lowest BCUT2D eigenvalue weighted by molar-refractivity contribution is 0.121. The highest BCUT2D eigenvalue weighted by molar-refractivity contribution is 5.56. The SMILES string of the molecule is c1c(N2CC[N]CC2)nc(N2CCOCC2)nc1N1CCOCC1. The zero-order chi connectivity index (χ0) is 16.2. The minimum Gasteiger partial charge on any atom is -0.378 e. The molecule has 131 valence electrons. The number of nitrogens with zero attached hydrogens (tertiary/aromatic N) is 6. The smallest absolute Gasteiger partial charge is 0.229 e. The molecule has 4 heterocycles. The van der Waals surface area contributed by atoms with Crippen LogP contribution in [-0.2, 0) is 9.47 Å². The molecule has 3 aliphatic heterocycles. The summed E-state index contributed by atoms with van der Waals surface area (Å²) in [5.74, 6) is 2.84. The molecule has 0 atom stereocenters. The highest BCUT2D eigenvalue weighted by Gasteiger charge is 2.22. The number of anilines is 3. The van der Waals surface area contributed by atoms with Crippen LogP contribution in [0.3, 0.4) is 0 Å². The molecule has 24 heavy (non-hydrogen) atoms. The van der Waals surface area contributed by atoms with Crippen molar-refractivity contribution in [3.05, 3.63) is 6.07 Å². The maximum Gasteiger partial charge on any atom is 0.229 e. The highest BCUT2D eigenvalue weighted by atomic mass is 16.5. The number of piperazine rings is 1. The molecule has 1 aromatic heterocycles. The number of ether oxygens (including phenoxy) is 2. The van der Waals surface area contributed by atoms with Crippen molar-refractivity contribution in [3.63, 3.8) is 0 Å². The summed E-state index contributed by atoms with van der Waals surface area (Å²) in [6.45, 7) is 10.1. The van der Waals surface area contributed by atoms with Crippen LogP contribution in [-0.4, -0.2) is 88.8 Å². The van der Waals surface area contributed by atoms with Crippen molar-refractivity contribution in [1.29, 1.82) is 0 Å². The van der Waals surface area contributed by atoms with Gasteiger partial charge in [-0.05, 0) is 0 Å². The average molecular weight is 333 g/mol. The van der Waals surface area contributed by atoms with E-state index in [1.165, 1.54) is 0 Å². The third-order valence-corrected chi connectivity index (χ3v) is 4.70. The second-order valence-electron chi connectivity index (χ2n) is 6.24. The molecule has 4 rings (SSSR count). The van der Waals surface area contributed by atoms with E-state index in [9.17, 15) is 0 Å². The van der Waals surface area contributed by atoms with Gasteiger partial charge in [-0.25, -0.2) is 5.32 Å². The summed E-state index contributed by atoms with van der Waals surface area (Å²) in [4.78, 5) is 16.6. The van der Waals surface area contributed by atoms with Crippen molar-refractivity contribution in [3.8, 4) is 0 Å². The molecule has 3 fully saturated rings. The summed E-state index contributed by atoms with van der Waals surface area (Å²) in [6.07, 6.45) is 0. The van der Waals surface area contributed by atoms with Gasteiger partial charge in [0, 0.05) is 58.4 Å². The first-order valence-corrected chi connectivity index (χ1v) is 8.83. The fraction of sp³-hybridized carbons (Fsp3) is 0.750. The molecule has 3 aliphatic rings. The van der Waals surface area contributed by atoms with Crippen LogP contribution in [0.4, 0.5) is 17.6 Å². The molecular formula is C16H25N6O2. The molecule has 8 nitrogen and oxygen atoms in total. The Hall–Kier alpha value is -1.64. The molecule has 1 aromatic rings. The number of hydrogen-bond acceptors (Lipinski definition) is 7. The summed E-state index contributed by atoms with van der Waals surface area (Å²) in [5, 5.41) is 4.44. The molecule has 3 saturated heterocycles. The first-order chi connectivity index (χ1) is 11.9. The van der Waals surface area contributed by atoms with Crippen LogP contribution >= 0.6 is 0 Å². The van der Waals surface area contributed by atoms with Gasteiger partial charge in [0.2, 0.25) is 5.95 Å². The first kappa shape index (κ1) is 15.9. The van der Waals surface area contributed by atoms with Crippen molar-refractivity contribution >= 4 is 17.6 Å². The van der Waals surface area contributed by atoms with E-state index in [0.29, 0.717) is 0 Å². The van der Waals surface area contributed by atoms with Gasteiger partial charge in [0.15, 0.2) is 0 Å². The molecule has 0 unspecified atom stereocenters. The van der Waals surface area contributed by atoms with Gasteiger partial charge in [0.1, 0.15) is 11.6 Å². The normalized spacial score (nSPS) is 22.8. The van der Waals surface area contributed by atoms with Gasteiger partial charge in [-0.2, -0.15) is 9.97 Å². The van der Waals surface area contributed by atoms with Gasteiger partial charge < -0.3 is 24.2 Å². The molecule has 0 N–H and O–H groups in total. The second-order valence-corrected chi connectivity index (χ2v) is 6.24. The number of rotatable bonds is 3. The van der Waals surface area contributed by atoms with Gasteiger partial charge in [0.05, 0.1) is 26.4 Å². The number of aromatic nitrogens is 2. The Morgan fingerprint density at radius 1 is 0.667 bits per heavy atom. The molecule has 0 spiro atoms. The second kappa shape index (κ2) is 7.50. The quantitative estimate of drug-likeness (QED) is 0.744. The summed E-state index contributed by atoms with van der Waals surface area (Å²) < 4.78 is 10.9. The van der Waals surface area contributed by atoms with E-state index in [1.807, 2.05) is 0 Å². The fourth-order valence-electron chi connectivity index (χ4n) is 3.27. The fourth-order valence-corrected chi connectivity index (χ4v) is 3.27. The average Bonchev–Trinajstić information content (AvgIpc) is 2.70. The molecular weight excluding hydrogens is 308 g/mol. The van der Waals surface area contributed by atoms with E-state index < -0.39 is 0 Å². The van der Waals surface area contributed by atoms with Crippen LogP contribution in [0.25, 0.3) is 0 Å². The molecule has 1 radical (unpaired) electrons. The van der Waals surface area contributed by atoms with Gasteiger partial charge in [-0.3, -0.25) is 0 Å². The molecule has 0 aliphatic carbocycles. The van der Waals surface area contributed by atoms with Crippen LogP contribution in [0, 0.1) is 0 Å². The van der Waals surface area contributed by atoms with E-state index in [0.717, 1.165) is 96.4 Å². The lowest BCUT2D eigenvalue weighted by atomic mass is 10.3. The van der Waals surface area contributed by atoms with Crippen molar-refractivity contribution in [1.82, 2.24) is 15.3 Å². The van der Waals surface area contributed by atoms with E-state index in [4.69, 9.17) is 19.4 Å². The van der Waals surface area contributed by atoms with Crippen molar-refractivity contribution < 1.29 is 9.47 Å². The maximum absolute atomic E-state index is 5.48. The van der Waals surface area contributed by atoms with Crippen molar-refractivity contribution in [2.75, 3.05) is 93.5 Å². The molecule has 0 saturated carbocycles. The Kier molecular flexibility index (Phi) is 4.96. The zero-order valence-corrected chi connectivity index (χ0v) is 14.1. The lowest BCUT2D eigenvalue weighted by Crippen LogP contribution is -2.42. The van der Waals surface area contributed by atoms with E-state index in [-0.39, 0.29) is 0 Å². The minimum atomic E-state index is 0.739. The summed E-state index contributed by atoms with van der Waals surface area (Å²) in [5.41, 5.74) is 0. The monoisotopic (exact) mass is 333 g/mol. The Balaban J connectivity index is 1.63. The highest BCUT2D eigenvalue weighted by Crippen LogP contribution is 2.24. The molecule has 0 bridgehead atoms.